The summed E-state index contributed by atoms with van der Waals surface area (Å²) in [5.41, 5.74) is 4.06. The highest BCUT2D eigenvalue weighted by Gasteiger charge is 2.15. The Bertz CT molecular complexity index is 1400. The van der Waals surface area contributed by atoms with Crippen LogP contribution in [-0.2, 0) is 12.0 Å². The van der Waals surface area contributed by atoms with Crippen molar-refractivity contribution in [2.45, 2.75) is 32.7 Å². The molecule has 0 spiro atoms. The Morgan fingerprint density at radius 2 is 1.91 bits per heavy atom. The molecule has 0 aliphatic rings. The van der Waals surface area contributed by atoms with Crippen LogP contribution in [0.5, 0.6) is 0 Å². The molecular formula is C25H23N5O2. The van der Waals surface area contributed by atoms with Crippen LogP contribution in [0.2, 0.25) is 0 Å². The molecule has 32 heavy (non-hydrogen) atoms. The van der Waals surface area contributed by atoms with Gasteiger partial charge in [0.25, 0.3) is 11.5 Å². The van der Waals surface area contributed by atoms with Gasteiger partial charge in [0.15, 0.2) is 0 Å². The molecule has 7 nitrogen and oxygen atoms in total. The molecule has 0 fully saturated rings. The van der Waals surface area contributed by atoms with Crippen LogP contribution in [0.15, 0.2) is 65.8 Å². The first-order chi connectivity index (χ1) is 15.2. The van der Waals surface area contributed by atoms with Crippen molar-refractivity contribution < 1.29 is 4.79 Å². The summed E-state index contributed by atoms with van der Waals surface area (Å²) in [7, 11) is 0. The maximum absolute atomic E-state index is 12.4. The van der Waals surface area contributed by atoms with E-state index >= 15 is 0 Å². The normalized spacial score (nSPS) is 11.3. The molecule has 0 aliphatic heterocycles. The summed E-state index contributed by atoms with van der Waals surface area (Å²) in [4.78, 5) is 30.1. The highest BCUT2D eigenvalue weighted by atomic mass is 16.2. The van der Waals surface area contributed by atoms with E-state index in [1.165, 1.54) is 11.9 Å². The zero-order chi connectivity index (χ0) is 22.9. The molecule has 0 aliphatic carbocycles. The quantitative estimate of drug-likeness (QED) is 0.511. The largest absolute Gasteiger partial charge is 0.342 e. The van der Waals surface area contributed by atoms with Gasteiger partial charge in [-0.25, -0.2) is 4.98 Å². The van der Waals surface area contributed by atoms with E-state index < -0.39 is 11.5 Å². The maximum Gasteiger partial charge on any atom is 0.274 e. The molecule has 2 aromatic carbocycles. The summed E-state index contributed by atoms with van der Waals surface area (Å²) in [6.45, 7) is 7.18. The third kappa shape index (κ3) is 4.30. The van der Waals surface area contributed by atoms with Crippen molar-refractivity contribution in [3.05, 3.63) is 93.8 Å². The summed E-state index contributed by atoms with van der Waals surface area (Å²) in [6, 6.07) is 17.3. The number of fused-ring (bicyclic) bond motifs is 1. The minimum Gasteiger partial charge on any atom is -0.342 e. The lowest BCUT2D eigenvalue weighted by Crippen LogP contribution is -2.17. The van der Waals surface area contributed by atoms with Crippen LogP contribution in [0.3, 0.4) is 0 Å². The Morgan fingerprint density at radius 3 is 2.56 bits per heavy atom. The number of aromatic amines is 1. The van der Waals surface area contributed by atoms with E-state index in [4.69, 9.17) is 0 Å². The van der Waals surface area contributed by atoms with Gasteiger partial charge in [0, 0.05) is 35.4 Å². The Balaban J connectivity index is 1.61. The van der Waals surface area contributed by atoms with Crippen LogP contribution in [0, 0.1) is 11.3 Å². The van der Waals surface area contributed by atoms with E-state index in [1.807, 2.05) is 16.8 Å². The zero-order valence-corrected chi connectivity index (χ0v) is 18.1. The highest BCUT2D eigenvalue weighted by Crippen LogP contribution is 2.27. The van der Waals surface area contributed by atoms with Crippen molar-refractivity contribution in [2.75, 3.05) is 5.32 Å². The second-order valence-corrected chi connectivity index (χ2v) is 8.71. The van der Waals surface area contributed by atoms with Gasteiger partial charge in [-0.1, -0.05) is 45.0 Å². The van der Waals surface area contributed by atoms with Gasteiger partial charge >= 0.3 is 0 Å². The number of H-pyrrole nitrogens is 1. The number of aromatic nitrogens is 3. The molecule has 0 saturated heterocycles. The monoisotopic (exact) mass is 425 g/mol. The van der Waals surface area contributed by atoms with Crippen LogP contribution in [0.4, 0.5) is 5.69 Å². The fourth-order valence-electron chi connectivity index (χ4n) is 3.59. The molecule has 0 bridgehead atoms. The lowest BCUT2D eigenvalue weighted by Gasteiger charge is -2.19. The summed E-state index contributed by atoms with van der Waals surface area (Å²) in [5, 5.41) is 13.1. The van der Waals surface area contributed by atoms with Crippen molar-refractivity contribution >= 4 is 22.5 Å². The molecule has 2 heterocycles. The molecule has 0 radical (unpaired) electrons. The SMILES string of the molecule is CC(C)(C)c1ccc(Cn2cc(C#N)c3cc(NC(=O)c4cc(=O)[nH]cn4)ccc32)cc1. The third-order valence-corrected chi connectivity index (χ3v) is 5.34. The van der Waals surface area contributed by atoms with E-state index in [2.05, 4.69) is 66.4 Å². The van der Waals surface area contributed by atoms with Crippen LogP contribution in [-0.4, -0.2) is 20.4 Å². The number of rotatable bonds is 4. The molecule has 2 N–H and O–H groups in total. The number of carbonyl (C=O) groups excluding carboxylic acids is 1. The van der Waals surface area contributed by atoms with E-state index in [9.17, 15) is 14.9 Å². The lowest BCUT2D eigenvalue weighted by molar-refractivity contribution is 0.102. The highest BCUT2D eigenvalue weighted by molar-refractivity contribution is 6.04. The van der Waals surface area contributed by atoms with Crippen LogP contribution >= 0.6 is 0 Å². The molecule has 7 heteroatoms. The molecule has 0 unspecified atom stereocenters. The zero-order valence-electron chi connectivity index (χ0n) is 18.1. The van der Waals surface area contributed by atoms with Gasteiger partial charge in [0.1, 0.15) is 11.8 Å². The van der Waals surface area contributed by atoms with Crippen LogP contribution < -0.4 is 10.9 Å². The number of nitrogens with zero attached hydrogens (tertiary/aromatic N) is 3. The number of benzene rings is 2. The fraction of sp³-hybridized carbons (Fsp3) is 0.200. The van der Waals surface area contributed by atoms with Crippen molar-refractivity contribution in [3.8, 4) is 6.07 Å². The number of nitriles is 1. The van der Waals surface area contributed by atoms with Crippen LogP contribution in [0.25, 0.3) is 10.9 Å². The predicted molar refractivity (Wildman–Crippen MR) is 124 cm³/mol. The fourth-order valence-corrected chi connectivity index (χ4v) is 3.59. The molecule has 4 aromatic rings. The second kappa shape index (κ2) is 8.16. The van der Waals surface area contributed by atoms with Gasteiger partial charge in [-0.3, -0.25) is 9.59 Å². The average Bonchev–Trinajstić information content (AvgIpc) is 3.10. The van der Waals surface area contributed by atoms with Crippen molar-refractivity contribution in [1.82, 2.24) is 14.5 Å². The average molecular weight is 425 g/mol. The van der Waals surface area contributed by atoms with Gasteiger partial charge in [-0.05, 0) is 34.7 Å². The lowest BCUT2D eigenvalue weighted by atomic mass is 9.87. The number of anilines is 1. The van der Waals surface area contributed by atoms with E-state index in [1.54, 1.807) is 12.1 Å². The second-order valence-electron chi connectivity index (χ2n) is 8.71. The summed E-state index contributed by atoms with van der Waals surface area (Å²) >= 11 is 0. The summed E-state index contributed by atoms with van der Waals surface area (Å²) < 4.78 is 2.03. The van der Waals surface area contributed by atoms with Crippen LogP contribution in [0.1, 0.15) is 48.0 Å². The van der Waals surface area contributed by atoms with E-state index in [0.29, 0.717) is 17.8 Å². The minimum absolute atomic E-state index is 0.0191. The first-order valence-corrected chi connectivity index (χ1v) is 10.2. The van der Waals surface area contributed by atoms with Crippen molar-refractivity contribution in [2.24, 2.45) is 0 Å². The number of hydrogen-bond donors (Lipinski definition) is 2. The predicted octanol–water partition coefficient (Wildman–Crippen LogP) is 4.19. The first kappa shape index (κ1) is 21.1. The molecule has 0 atom stereocenters. The molecular weight excluding hydrogens is 402 g/mol. The topological polar surface area (TPSA) is 104 Å². The van der Waals surface area contributed by atoms with Crippen molar-refractivity contribution in [1.29, 1.82) is 5.26 Å². The molecule has 0 saturated carbocycles. The Labute approximate surface area is 185 Å². The molecule has 160 valence electrons. The molecule has 4 rings (SSSR count). The van der Waals surface area contributed by atoms with Gasteiger partial charge in [-0.15, -0.1) is 0 Å². The Hall–Kier alpha value is -4.18. The summed E-state index contributed by atoms with van der Waals surface area (Å²) in [6.07, 6.45) is 3.01. The van der Waals surface area contributed by atoms with Gasteiger partial charge in [-0.2, -0.15) is 5.26 Å². The Morgan fingerprint density at radius 1 is 1.16 bits per heavy atom. The first-order valence-electron chi connectivity index (χ1n) is 10.2. The third-order valence-electron chi connectivity index (χ3n) is 5.34. The molecule has 1 amide bonds. The van der Waals surface area contributed by atoms with Gasteiger partial charge in [0.05, 0.1) is 11.9 Å². The number of carbonyl (C=O) groups is 1. The molecule has 2 aromatic heterocycles. The minimum atomic E-state index is -0.493. The van der Waals surface area contributed by atoms with E-state index in [-0.39, 0.29) is 11.1 Å². The number of hydrogen-bond acceptors (Lipinski definition) is 4. The maximum atomic E-state index is 12.4. The standard InChI is InChI=1S/C25H23N5O2/c1-25(2,3)18-6-4-16(5-7-18)13-30-14-17(12-26)20-10-19(8-9-22(20)30)29-24(32)21-11-23(31)28-15-27-21/h4-11,14-15H,13H2,1-3H3,(H,29,32)(H,27,28,31). The summed E-state index contributed by atoms with van der Waals surface area (Å²) in [5.74, 6) is -0.493. The van der Waals surface area contributed by atoms with Gasteiger partial charge in [0.2, 0.25) is 0 Å². The van der Waals surface area contributed by atoms with Crippen molar-refractivity contribution in [3.63, 3.8) is 0 Å². The van der Waals surface area contributed by atoms with Gasteiger partial charge < -0.3 is 14.9 Å². The number of amides is 1. The number of nitrogens with one attached hydrogen (secondary N) is 2. The van der Waals surface area contributed by atoms with E-state index in [0.717, 1.165) is 22.5 Å². The smallest absolute Gasteiger partial charge is 0.274 e. The Kier molecular flexibility index (Phi) is 5.37.